The van der Waals surface area contributed by atoms with Gasteiger partial charge >= 0.3 is 12.2 Å². The molecule has 1 aliphatic heterocycles. The van der Waals surface area contributed by atoms with Gasteiger partial charge in [-0.2, -0.15) is 17.9 Å². The highest BCUT2D eigenvalue weighted by molar-refractivity contribution is 7.89. The monoisotopic (exact) mass is 428 g/mol. The SMILES string of the molecule is Nc1ccc(S(=O)(=O)NC2(C(F)(F)F)NC(=O)N(Cc3ccccc3)C2=O)cc1. The van der Waals surface area contributed by atoms with E-state index in [2.05, 4.69) is 0 Å². The molecule has 0 spiro atoms. The van der Waals surface area contributed by atoms with Crippen molar-refractivity contribution in [2.45, 2.75) is 23.3 Å². The molecule has 29 heavy (non-hydrogen) atoms. The van der Waals surface area contributed by atoms with E-state index in [9.17, 15) is 31.2 Å². The highest BCUT2D eigenvalue weighted by Crippen LogP contribution is 2.35. The number of benzene rings is 2. The number of nitrogens with one attached hydrogen (secondary N) is 2. The van der Waals surface area contributed by atoms with Gasteiger partial charge in [0.15, 0.2) is 0 Å². The predicted octanol–water partition coefficient (Wildman–Crippen LogP) is 1.56. The van der Waals surface area contributed by atoms with Gasteiger partial charge < -0.3 is 11.1 Å². The summed E-state index contributed by atoms with van der Waals surface area (Å²) in [6.07, 6.45) is -5.45. The van der Waals surface area contributed by atoms with Crippen molar-refractivity contribution in [3.8, 4) is 0 Å². The lowest BCUT2D eigenvalue weighted by atomic mass is 10.1. The molecular formula is C17H15F3N4O4S. The number of carbonyl (C=O) groups is 2. The maximum absolute atomic E-state index is 13.9. The van der Waals surface area contributed by atoms with Gasteiger partial charge in [0.05, 0.1) is 11.4 Å². The molecule has 1 atom stereocenters. The number of halogens is 3. The third-order valence-electron chi connectivity index (χ3n) is 4.19. The Morgan fingerprint density at radius 3 is 2.17 bits per heavy atom. The molecule has 0 saturated carbocycles. The van der Waals surface area contributed by atoms with Crippen molar-refractivity contribution in [2.75, 3.05) is 5.73 Å². The first-order valence-electron chi connectivity index (χ1n) is 8.10. The number of sulfonamides is 1. The molecule has 1 unspecified atom stereocenters. The van der Waals surface area contributed by atoms with Crippen LogP contribution in [0.15, 0.2) is 59.5 Å². The summed E-state index contributed by atoms with van der Waals surface area (Å²) in [4.78, 5) is 24.5. The first-order chi connectivity index (χ1) is 13.5. The molecule has 0 aliphatic carbocycles. The third-order valence-corrected chi connectivity index (χ3v) is 5.66. The fourth-order valence-electron chi connectivity index (χ4n) is 2.71. The molecule has 154 valence electrons. The number of nitrogen functional groups attached to an aromatic ring is 1. The van der Waals surface area contributed by atoms with E-state index in [-0.39, 0.29) is 5.69 Å². The lowest BCUT2D eigenvalue weighted by molar-refractivity contribution is -0.198. The van der Waals surface area contributed by atoms with Crippen LogP contribution >= 0.6 is 0 Å². The predicted molar refractivity (Wildman–Crippen MR) is 95.5 cm³/mol. The third kappa shape index (κ3) is 3.76. The highest BCUT2D eigenvalue weighted by atomic mass is 32.2. The van der Waals surface area contributed by atoms with Crippen molar-refractivity contribution in [1.29, 1.82) is 0 Å². The van der Waals surface area contributed by atoms with Crippen molar-refractivity contribution in [1.82, 2.24) is 14.9 Å². The smallest absolute Gasteiger partial charge is 0.399 e. The molecule has 8 nitrogen and oxygen atoms in total. The minimum absolute atomic E-state index is 0.189. The zero-order valence-corrected chi connectivity index (χ0v) is 15.4. The minimum atomic E-state index is -5.45. The Kier molecular flexibility index (Phi) is 5.01. The largest absolute Gasteiger partial charge is 0.435 e. The lowest BCUT2D eigenvalue weighted by Crippen LogP contribution is -2.69. The summed E-state index contributed by atoms with van der Waals surface area (Å²) in [6, 6.07) is 10.7. The molecular weight excluding hydrogens is 413 g/mol. The van der Waals surface area contributed by atoms with E-state index in [0.717, 1.165) is 12.1 Å². The lowest BCUT2D eigenvalue weighted by Gasteiger charge is -2.29. The number of rotatable bonds is 5. The second kappa shape index (κ2) is 7.04. The number of hydrogen-bond donors (Lipinski definition) is 3. The molecule has 4 N–H and O–H groups in total. The van der Waals surface area contributed by atoms with Gasteiger partial charge in [0.1, 0.15) is 0 Å². The Balaban J connectivity index is 1.98. The standard InChI is InChI=1S/C17H15F3N4O4S/c18-17(19,20)16(23-29(27,28)13-8-6-12(21)7-9-13)14(25)24(15(26)22-16)10-11-4-2-1-3-5-11/h1-9,23H,10,21H2,(H,22,26). The molecule has 3 amide bonds. The molecule has 1 fully saturated rings. The van der Waals surface area contributed by atoms with Gasteiger partial charge in [-0.05, 0) is 29.8 Å². The fraction of sp³-hybridized carbons (Fsp3) is 0.176. The van der Waals surface area contributed by atoms with Gasteiger partial charge in [0.25, 0.3) is 11.6 Å². The molecule has 0 radical (unpaired) electrons. The van der Waals surface area contributed by atoms with Crippen LogP contribution in [0.25, 0.3) is 0 Å². The zero-order chi connectivity index (χ0) is 21.4. The van der Waals surface area contributed by atoms with Crippen molar-refractivity contribution >= 4 is 27.6 Å². The fourth-order valence-corrected chi connectivity index (χ4v) is 3.98. The number of amides is 3. The van der Waals surface area contributed by atoms with Crippen LogP contribution in [0, 0.1) is 0 Å². The summed E-state index contributed by atoms with van der Waals surface area (Å²) in [5.74, 6) is -1.78. The van der Waals surface area contributed by atoms with Crippen LogP contribution in [0.2, 0.25) is 0 Å². The first kappa shape index (κ1) is 20.6. The van der Waals surface area contributed by atoms with E-state index in [1.807, 2.05) is 0 Å². The average Bonchev–Trinajstić information content (AvgIpc) is 2.87. The van der Waals surface area contributed by atoms with Gasteiger partial charge in [-0.25, -0.2) is 13.2 Å². The molecule has 2 aromatic carbocycles. The van der Waals surface area contributed by atoms with Crippen LogP contribution in [-0.4, -0.2) is 37.1 Å². The topological polar surface area (TPSA) is 122 Å². The first-order valence-corrected chi connectivity index (χ1v) is 9.59. The molecule has 3 rings (SSSR count). The highest BCUT2D eigenvalue weighted by Gasteiger charge is 2.69. The van der Waals surface area contributed by atoms with E-state index < -0.39 is 45.2 Å². The van der Waals surface area contributed by atoms with Crippen molar-refractivity contribution in [3.05, 3.63) is 60.2 Å². The summed E-state index contributed by atoms with van der Waals surface area (Å²) in [5.41, 5.74) is 2.19. The molecule has 1 aliphatic rings. The van der Waals surface area contributed by atoms with E-state index in [0.29, 0.717) is 10.5 Å². The normalized spacial score (nSPS) is 20.0. The molecule has 0 aromatic heterocycles. The second-order valence-corrected chi connectivity index (χ2v) is 7.91. The second-order valence-electron chi connectivity index (χ2n) is 6.23. The van der Waals surface area contributed by atoms with Crippen LogP contribution in [0.5, 0.6) is 0 Å². The Bertz CT molecular complexity index is 1040. The van der Waals surface area contributed by atoms with Gasteiger partial charge in [0, 0.05) is 5.69 Å². The average molecular weight is 428 g/mol. The van der Waals surface area contributed by atoms with Crippen LogP contribution < -0.4 is 15.8 Å². The van der Waals surface area contributed by atoms with Gasteiger partial charge in [-0.15, -0.1) is 0 Å². The van der Waals surface area contributed by atoms with E-state index >= 15 is 0 Å². The van der Waals surface area contributed by atoms with Gasteiger partial charge in [0.2, 0.25) is 10.0 Å². The summed E-state index contributed by atoms with van der Waals surface area (Å²) in [6.45, 7) is -0.465. The molecule has 12 heteroatoms. The Morgan fingerprint density at radius 1 is 1.03 bits per heavy atom. The van der Waals surface area contributed by atoms with Gasteiger partial charge in [-0.3, -0.25) is 9.69 Å². The van der Waals surface area contributed by atoms with E-state index in [1.54, 1.807) is 18.2 Å². The summed E-state index contributed by atoms with van der Waals surface area (Å²) < 4.78 is 67.9. The van der Waals surface area contributed by atoms with E-state index in [1.165, 1.54) is 34.3 Å². The maximum Gasteiger partial charge on any atom is 0.435 e. The number of urea groups is 1. The van der Waals surface area contributed by atoms with Crippen molar-refractivity contribution < 1.29 is 31.2 Å². The quantitative estimate of drug-likeness (QED) is 0.493. The molecule has 1 heterocycles. The number of nitrogens with zero attached hydrogens (tertiary/aromatic N) is 1. The van der Waals surface area contributed by atoms with Crippen LogP contribution in [-0.2, 0) is 21.4 Å². The molecule has 0 bridgehead atoms. The van der Waals surface area contributed by atoms with Crippen molar-refractivity contribution in [3.63, 3.8) is 0 Å². The number of carbonyl (C=O) groups excluding carboxylic acids is 2. The number of alkyl halides is 3. The molecule has 1 saturated heterocycles. The number of anilines is 1. The maximum atomic E-state index is 13.9. The summed E-state index contributed by atoms with van der Waals surface area (Å²) in [5, 5.41) is 1.46. The Labute approximate surface area is 163 Å². The minimum Gasteiger partial charge on any atom is -0.399 e. The number of imide groups is 1. The number of hydrogen-bond acceptors (Lipinski definition) is 5. The molecule has 2 aromatic rings. The van der Waals surface area contributed by atoms with Crippen LogP contribution in [0.1, 0.15) is 5.56 Å². The van der Waals surface area contributed by atoms with Crippen LogP contribution in [0.3, 0.4) is 0 Å². The van der Waals surface area contributed by atoms with Crippen molar-refractivity contribution in [2.24, 2.45) is 0 Å². The van der Waals surface area contributed by atoms with Crippen LogP contribution in [0.4, 0.5) is 23.7 Å². The Hall–Kier alpha value is -3.12. The van der Waals surface area contributed by atoms with E-state index in [4.69, 9.17) is 5.73 Å². The van der Waals surface area contributed by atoms with Gasteiger partial charge in [-0.1, -0.05) is 30.3 Å². The summed E-state index contributed by atoms with van der Waals surface area (Å²) >= 11 is 0. The summed E-state index contributed by atoms with van der Waals surface area (Å²) in [7, 11) is -4.84. The Morgan fingerprint density at radius 2 is 1.62 bits per heavy atom. The zero-order valence-electron chi connectivity index (χ0n) is 14.6. The number of nitrogens with two attached hydrogens (primary N) is 1.